The zero-order valence-corrected chi connectivity index (χ0v) is 12.5. The predicted octanol–water partition coefficient (Wildman–Crippen LogP) is 4.70. The van der Waals surface area contributed by atoms with Crippen molar-refractivity contribution in [2.24, 2.45) is 0 Å². The van der Waals surface area contributed by atoms with Crippen LogP contribution in [-0.4, -0.2) is 9.97 Å². The Kier molecular flexibility index (Phi) is 4.46. The fourth-order valence-electron chi connectivity index (χ4n) is 2.35. The Morgan fingerprint density at radius 2 is 1.58 bits per heavy atom. The molecule has 0 saturated heterocycles. The number of pyridine rings is 2. The third-order valence-corrected chi connectivity index (χ3v) is 3.50. The second kappa shape index (κ2) is 6.70. The molecule has 6 heteroatoms. The van der Waals surface area contributed by atoms with Crippen molar-refractivity contribution in [2.75, 3.05) is 5.32 Å². The van der Waals surface area contributed by atoms with Crippen molar-refractivity contribution < 1.29 is 13.2 Å². The molecule has 0 aliphatic carbocycles. The van der Waals surface area contributed by atoms with Crippen molar-refractivity contribution in [1.29, 1.82) is 0 Å². The van der Waals surface area contributed by atoms with Crippen molar-refractivity contribution >= 4 is 5.82 Å². The van der Waals surface area contributed by atoms with Crippen molar-refractivity contribution in [3.05, 3.63) is 89.9 Å². The molecule has 0 amide bonds. The summed E-state index contributed by atoms with van der Waals surface area (Å²) in [4.78, 5) is 8.32. The van der Waals surface area contributed by atoms with Gasteiger partial charge >= 0.3 is 6.18 Å². The highest BCUT2D eigenvalue weighted by Crippen LogP contribution is 2.31. The van der Waals surface area contributed by atoms with E-state index in [1.807, 2.05) is 42.5 Å². The molecular weight excluding hydrogens is 315 g/mol. The number of hydrogen-bond acceptors (Lipinski definition) is 3. The lowest BCUT2D eigenvalue weighted by atomic mass is 10.0. The van der Waals surface area contributed by atoms with E-state index in [-0.39, 0.29) is 5.82 Å². The monoisotopic (exact) mass is 329 g/mol. The number of anilines is 1. The van der Waals surface area contributed by atoms with Crippen LogP contribution in [0.5, 0.6) is 0 Å². The van der Waals surface area contributed by atoms with E-state index in [1.54, 1.807) is 12.3 Å². The number of rotatable bonds is 4. The Labute approximate surface area is 137 Å². The van der Waals surface area contributed by atoms with Gasteiger partial charge in [-0.15, -0.1) is 0 Å². The Morgan fingerprint density at radius 1 is 0.833 bits per heavy atom. The number of halogens is 3. The molecule has 0 saturated carbocycles. The first-order chi connectivity index (χ1) is 11.5. The molecule has 3 rings (SSSR count). The summed E-state index contributed by atoms with van der Waals surface area (Å²) in [7, 11) is 0. The fourth-order valence-corrected chi connectivity index (χ4v) is 2.35. The molecule has 0 bridgehead atoms. The largest absolute Gasteiger partial charge is 0.416 e. The lowest BCUT2D eigenvalue weighted by Crippen LogP contribution is -2.15. The summed E-state index contributed by atoms with van der Waals surface area (Å²) < 4.78 is 38.6. The predicted molar refractivity (Wildman–Crippen MR) is 85.4 cm³/mol. The highest BCUT2D eigenvalue weighted by atomic mass is 19.4. The van der Waals surface area contributed by atoms with Crippen molar-refractivity contribution in [3.8, 4) is 0 Å². The van der Waals surface area contributed by atoms with Crippen LogP contribution in [0.1, 0.15) is 22.9 Å². The maximum absolute atomic E-state index is 12.9. The average molecular weight is 329 g/mol. The fraction of sp³-hybridized carbons (Fsp3) is 0.111. The summed E-state index contributed by atoms with van der Waals surface area (Å²) in [6, 6.07) is 16.4. The molecule has 0 aliphatic heterocycles. The normalized spacial score (nSPS) is 12.6. The van der Waals surface area contributed by atoms with Gasteiger partial charge in [-0.05, 0) is 29.8 Å². The summed E-state index contributed by atoms with van der Waals surface area (Å²) in [6.07, 6.45) is -1.62. The molecule has 1 aromatic carbocycles. The van der Waals surface area contributed by atoms with Crippen LogP contribution in [-0.2, 0) is 6.18 Å². The molecule has 1 N–H and O–H groups in total. The second-order valence-electron chi connectivity index (χ2n) is 5.17. The van der Waals surface area contributed by atoms with Gasteiger partial charge in [-0.1, -0.05) is 36.4 Å². The van der Waals surface area contributed by atoms with Gasteiger partial charge in [0.25, 0.3) is 0 Å². The Bertz CT molecular complexity index is 750. The van der Waals surface area contributed by atoms with Crippen LogP contribution in [0.4, 0.5) is 19.0 Å². The van der Waals surface area contributed by atoms with Crippen LogP contribution in [0.2, 0.25) is 0 Å². The minimum absolute atomic E-state index is 0.143. The van der Waals surface area contributed by atoms with Crippen molar-refractivity contribution in [3.63, 3.8) is 0 Å². The van der Waals surface area contributed by atoms with E-state index in [1.165, 1.54) is 0 Å². The molecular formula is C18H14F3N3. The van der Waals surface area contributed by atoms with Crippen molar-refractivity contribution in [1.82, 2.24) is 9.97 Å². The lowest BCUT2D eigenvalue weighted by Gasteiger charge is -2.20. The number of aromatic nitrogens is 2. The van der Waals surface area contributed by atoms with Crippen LogP contribution < -0.4 is 5.32 Å². The van der Waals surface area contributed by atoms with Gasteiger partial charge in [0.1, 0.15) is 5.82 Å². The third kappa shape index (κ3) is 3.71. The molecule has 2 aromatic heterocycles. The standard InChI is InChI=1S/C18H14F3N3/c19-18(20,21)14-9-11-23-16(12-14)24-17(13-6-2-1-3-7-13)15-8-4-5-10-22-15/h1-12,17H,(H,23,24). The smallest absolute Gasteiger partial charge is 0.358 e. The number of benzene rings is 1. The molecule has 0 aliphatic rings. The highest BCUT2D eigenvalue weighted by Gasteiger charge is 2.31. The Hall–Kier alpha value is -2.89. The van der Waals surface area contributed by atoms with Gasteiger partial charge in [-0.25, -0.2) is 4.98 Å². The summed E-state index contributed by atoms with van der Waals surface area (Å²) in [5, 5.41) is 3.05. The van der Waals surface area contributed by atoms with Gasteiger partial charge in [0.15, 0.2) is 0 Å². The number of nitrogens with zero attached hydrogens (tertiary/aromatic N) is 2. The Morgan fingerprint density at radius 3 is 2.25 bits per heavy atom. The minimum atomic E-state index is -4.41. The Balaban J connectivity index is 1.96. The van der Waals surface area contributed by atoms with E-state index >= 15 is 0 Å². The van der Waals surface area contributed by atoms with Crippen LogP contribution in [0.25, 0.3) is 0 Å². The number of alkyl halides is 3. The first-order valence-electron chi connectivity index (χ1n) is 7.30. The summed E-state index contributed by atoms with van der Waals surface area (Å²) >= 11 is 0. The van der Waals surface area contributed by atoms with Gasteiger partial charge in [-0.2, -0.15) is 13.2 Å². The molecule has 24 heavy (non-hydrogen) atoms. The molecule has 0 radical (unpaired) electrons. The third-order valence-electron chi connectivity index (χ3n) is 3.50. The molecule has 1 atom stereocenters. The van der Waals surface area contributed by atoms with Gasteiger partial charge in [0.2, 0.25) is 0 Å². The molecule has 122 valence electrons. The second-order valence-corrected chi connectivity index (χ2v) is 5.17. The first-order valence-corrected chi connectivity index (χ1v) is 7.30. The van der Waals surface area contributed by atoms with E-state index < -0.39 is 17.8 Å². The highest BCUT2D eigenvalue weighted by molar-refractivity contribution is 5.44. The van der Waals surface area contributed by atoms with Gasteiger partial charge in [0, 0.05) is 12.4 Å². The first kappa shape index (κ1) is 16.0. The summed E-state index contributed by atoms with van der Waals surface area (Å²) in [5.74, 6) is 0.143. The van der Waals surface area contributed by atoms with Crippen LogP contribution >= 0.6 is 0 Å². The van der Waals surface area contributed by atoms with Crippen molar-refractivity contribution in [2.45, 2.75) is 12.2 Å². The van der Waals surface area contributed by atoms with E-state index in [9.17, 15) is 13.2 Å². The molecule has 1 unspecified atom stereocenters. The quantitative estimate of drug-likeness (QED) is 0.754. The van der Waals surface area contributed by atoms with E-state index in [4.69, 9.17) is 0 Å². The molecule has 0 fully saturated rings. The summed E-state index contributed by atoms with van der Waals surface area (Å²) in [5.41, 5.74) is 0.839. The van der Waals surface area contributed by atoms with Crippen LogP contribution in [0.3, 0.4) is 0 Å². The van der Waals surface area contributed by atoms with E-state index in [2.05, 4.69) is 15.3 Å². The zero-order chi connectivity index (χ0) is 17.0. The molecule has 2 heterocycles. The maximum Gasteiger partial charge on any atom is 0.416 e. The minimum Gasteiger partial charge on any atom is -0.358 e. The summed E-state index contributed by atoms with van der Waals surface area (Å²) in [6.45, 7) is 0. The lowest BCUT2D eigenvalue weighted by molar-refractivity contribution is -0.137. The molecule has 3 aromatic rings. The molecule has 3 nitrogen and oxygen atoms in total. The van der Waals surface area contributed by atoms with E-state index in [0.29, 0.717) is 5.69 Å². The van der Waals surface area contributed by atoms with Crippen LogP contribution in [0.15, 0.2) is 73.1 Å². The van der Waals surface area contributed by atoms with E-state index in [0.717, 1.165) is 23.9 Å². The van der Waals surface area contributed by atoms with Gasteiger partial charge < -0.3 is 5.32 Å². The molecule has 0 spiro atoms. The zero-order valence-electron chi connectivity index (χ0n) is 12.5. The maximum atomic E-state index is 12.9. The average Bonchev–Trinajstić information content (AvgIpc) is 2.61. The number of nitrogens with one attached hydrogen (secondary N) is 1. The van der Waals surface area contributed by atoms with Crippen LogP contribution in [0, 0.1) is 0 Å². The SMILES string of the molecule is FC(F)(F)c1ccnc(NC(c2ccccc2)c2ccccn2)c1. The van der Waals surface area contributed by atoms with Gasteiger partial charge in [0.05, 0.1) is 17.3 Å². The van der Waals surface area contributed by atoms with Gasteiger partial charge in [-0.3, -0.25) is 4.98 Å². The number of hydrogen-bond donors (Lipinski definition) is 1. The topological polar surface area (TPSA) is 37.8 Å².